The normalized spacial score (nSPS) is 10.4. The molecule has 0 radical (unpaired) electrons. The van der Waals surface area contributed by atoms with E-state index in [-0.39, 0.29) is 6.42 Å². The summed E-state index contributed by atoms with van der Waals surface area (Å²) in [6.07, 6.45) is 0.0118. The standard InChI is InChI=1S/C21H19BrN2O5S/c1-27-17-7-6-13(8-18(17)28-2)9-20(26)29-11-19(25)24-21-23-16(12-30-21)14-4-3-5-15(22)10-14/h3-8,10,12H,9,11H2,1-2H3,(H,23,24,25). The maximum absolute atomic E-state index is 12.1. The Morgan fingerprint density at radius 3 is 2.63 bits per heavy atom. The Labute approximate surface area is 186 Å². The largest absolute Gasteiger partial charge is 0.493 e. The van der Waals surface area contributed by atoms with Crippen molar-refractivity contribution < 1.29 is 23.8 Å². The third-order valence-electron chi connectivity index (χ3n) is 4.03. The smallest absolute Gasteiger partial charge is 0.310 e. The number of thiazole rings is 1. The molecule has 0 spiro atoms. The van der Waals surface area contributed by atoms with Crippen molar-refractivity contribution in [3.8, 4) is 22.8 Å². The highest BCUT2D eigenvalue weighted by atomic mass is 79.9. The fourth-order valence-electron chi connectivity index (χ4n) is 2.62. The van der Waals surface area contributed by atoms with Crippen molar-refractivity contribution in [3.63, 3.8) is 0 Å². The van der Waals surface area contributed by atoms with Crippen LogP contribution >= 0.6 is 27.3 Å². The molecule has 7 nitrogen and oxygen atoms in total. The lowest BCUT2D eigenvalue weighted by Crippen LogP contribution is -2.21. The molecule has 1 N–H and O–H groups in total. The zero-order valence-corrected chi connectivity index (χ0v) is 18.7. The van der Waals surface area contributed by atoms with E-state index in [4.69, 9.17) is 14.2 Å². The maximum atomic E-state index is 12.1. The van der Waals surface area contributed by atoms with E-state index in [0.717, 1.165) is 15.7 Å². The van der Waals surface area contributed by atoms with Gasteiger partial charge in [0.1, 0.15) is 0 Å². The van der Waals surface area contributed by atoms with Gasteiger partial charge in [-0.1, -0.05) is 34.1 Å². The van der Waals surface area contributed by atoms with Gasteiger partial charge in [0.05, 0.1) is 26.3 Å². The first-order valence-corrected chi connectivity index (χ1v) is 10.5. The van der Waals surface area contributed by atoms with Crippen LogP contribution in [0.1, 0.15) is 5.56 Å². The number of anilines is 1. The minimum Gasteiger partial charge on any atom is -0.493 e. The van der Waals surface area contributed by atoms with E-state index in [9.17, 15) is 9.59 Å². The molecule has 1 aromatic heterocycles. The first-order chi connectivity index (χ1) is 14.5. The molecule has 0 saturated carbocycles. The summed E-state index contributed by atoms with van der Waals surface area (Å²) in [4.78, 5) is 28.5. The van der Waals surface area contributed by atoms with Gasteiger partial charge in [0.15, 0.2) is 23.2 Å². The van der Waals surface area contributed by atoms with Crippen LogP contribution in [0.25, 0.3) is 11.3 Å². The van der Waals surface area contributed by atoms with Gasteiger partial charge in [-0.2, -0.15) is 0 Å². The molecule has 0 bridgehead atoms. The fraction of sp³-hybridized carbons (Fsp3) is 0.190. The van der Waals surface area contributed by atoms with Crippen molar-refractivity contribution in [3.05, 3.63) is 57.9 Å². The van der Waals surface area contributed by atoms with Crippen LogP contribution in [0.3, 0.4) is 0 Å². The molecule has 0 aliphatic carbocycles. The second kappa shape index (κ2) is 10.2. The molecule has 0 saturated heterocycles. The number of rotatable bonds is 8. The third-order valence-corrected chi connectivity index (χ3v) is 5.28. The van der Waals surface area contributed by atoms with Gasteiger partial charge in [0.25, 0.3) is 5.91 Å². The molecule has 3 rings (SSSR count). The molecule has 0 atom stereocenters. The number of ether oxygens (including phenoxy) is 3. The van der Waals surface area contributed by atoms with E-state index < -0.39 is 18.5 Å². The number of nitrogens with zero attached hydrogens (tertiary/aromatic N) is 1. The molecule has 30 heavy (non-hydrogen) atoms. The van der Waals surface area contributed by atoms with Gasteiger partial charge in [-0.05, 0) is 29.8 Å². The lowest BCUT2D eigenvalue weighted by molar-refractivity contribution is -0.146. The van der Waals surface area contributed by atoms with Crippen LogP contribution in [-0.4, -0.2) is 37.7 Å². The summed E-state index contributed by atoms with van der Waals surface area (Å²) < 4.78 is 16.4. The summed E-state index contributed by atoms with van der Waals surface area (Å²) in [6.45, 7) is -0.391. The molecule has 0 aliphatic heterocycles. The predicted octanol–water partition coefficient (Wildman–Crippen LogP) is 4.31. The van der Waals surface area contributed by atoms with E-state index >= 15 is 0 Å². The molecule has 2 aromatic carbocycles. The number of nitrogens with one attached hydrogen (secondary N) is 1. The Morgan fingerprint density at radius 1 is 1.10 bits per heavy atom. The lowest BCUT2D eigenvalue weighted by Gasteiger charge is -2.09. The average Bonchev–Trinajstić information content (AvgIpc) is 3.20. The van der Waals surface area contributed by atoms with Gasteiger partial charge >= 0.3 is 5.97 Å². The highest BCUT2D eigenvalue weighted by molar-refractivity contribution is 9.10. The van der Waals surface area contributed by atoms with Crippen molar-refractivity contribution >= 4 is 44.3 Å². The number of benzene rings is 2. The molecule has 0 aliphatic rings. The van der Waals surface area contributed by atoms with E-state index in [2.05, 4.69) is 26.2 Å². The molecule has 0 unspecified atom stereocenters. The Kier molecular flexibility index (Phi) is 7.42. The molecule has 3 aromatic rings. The quantitative estimate of drug-likeness (QED) is 0.473. The minimum absolute atomic E-state index is 0.0118. The molecule has 156 valence electrons. The van der Waals surface area contributed by atoms with Crippen LogP contribution in [0.5, 0.6) is 11.5 Å². The van der Waals surface area contributed by atoms with E-state index in [1.807, 2.05) is 29.6 Å². The van der Waals surface area contributed by atoms with E-state index in [1.54, 1.807) is 18.2 Å². The number of methoxy groups -OCH3 is 2. The average molecular weight is 491 g/mol. The van der Waals surface area contributed by atoms with Crippen molar-refractivity contribution in [1.82, 2.24) is 4.98 Å². The molecule has 1 amide bonds. The number of hydrogen-bond donors (Lipinski definition) is 1. The Morgan fingerprint density at radius 2 is 1.90 bits per heavy atom. The zero-order valence-electron chi connectivity index (χ0n) is 16.3. The van der Waals surface area contributed by atoms with Crippen LogP contribution in [0.15, 0.2) is 52.3 Å². The number of halogens is 1. The van der Waals surface area contributed by atoms with Crippen LogP contribution in [0.4, 0.5) is 5.13 Å². The number of amides is 1. The second-order valence-electron chi connectivity index (χ2n) is 6.12. The van der Waals surface area contributed by atoms with Gasteiger partial charge in [-0.3, -0.25) is 14.9 Å². The molecule has 0 fully saturated rings. The summed E-state index contributed by atoms with van der Waals surface area (Å²) in [5.74, 6) is 0.113. The van der Waals surface area contributed by atoms with Crippen molar-refractivity contribution in [2.75, 3.05) is 26.1 Å². The summed E-state index contributed by atoms with van der Waals surface area (Å²) in [7, 11) is 3.06. The number of carbonyl (C=O) groups excluding carboxylic acids is 2. The number of aromatic nitrogens is 1. The molecule has 1 heterocycles. The van der Waals surface area contributed by atoms with Crippen molar-refractivity contribution in [2.24, 2.45) is 0 Å². The Bertz CT molecular complexity index is 1050. The van der Waals surface area contributed by atoms with Gasteiger partial charge < -0.3 is 14.2 Å². The fourth-order valence-corrected chi connectivity index (χ4v) is 3.76. The lowest BCUT2D eigenvalue weighted by atomic mass is 10.1. The molecule has 9 heteroatoms. The first kappa shape index (κ1) is 21.8. The topological polar surface area (TPSA) is 86.8 Å². The van der Waals surface area contributed by atoms with E-state index in [0.29, 0.717) is 22.2 Å². The summed E-state index contributed by atoms with van der Waals surface area (Å²) >= 11 is 4.72. The monoisotopic (exact) mass is 490 g/mol. The van der Waals surface area contributed by atoms with Crippen molar-refractivity contribution in [2.45, 2.75) is 6.42 Å². The highest BCUT2D eigenvalue weighted by Crippen LogP contribution is 2.28. The van der Waals surface area contributed by atoms with Crippen LogP contribution < -0.4 is 14.8 Å². The van der Waals surface area contributed by atoms with Crippen molar-refractivity contribution in [1.29, 1.82) is 0 Å². The Hall–Kier alpha value is -2.91. The molecular formula is C21H19BrN2O5S. The number of carbonyl (C=O) groups is 2. The summed E-state index contributed by atoms with van der Waals surface area (Å²) in [5, 5.41) is 4.93. The predicted molar refractivity (Wildman–Crippen MR) is 118 cm³/mol. The summed E-state index contributed by atoms with van der Waals surface area (Å²) in [5.41, 5.74) is 2.38. The number of esters is 1. The SMILES string of the molecule is COc1ccc(CC(=O)OCC(=O)Nc2nc(-c3cccc(Br)c3)cs2)cc1OC. The van der Waals surface area contributed by atoms with Gasteiger partial charge in [-0.15, -0.1) is 11.3 Å². The van der Waals surface area contributed by atoms with Crippen LogP contribution in [0.2, 0.25) is 0 Å². The van der Waals surface area contributed by atoms with Gasteiger partial charge in [0.2, 0.25) is 0 Å². The van der Waals surface area contributed by atoms with E-state index in [1.165, 1.54) is 25.6 Å². The first-order valence-electron chi connectivity index (χ1n) is 8.86. The maximum Gasteiger partial charge on any atom is 0.310 e. The third kappa shape index (κ3) is 5.80. The zero-order chi connectivity index (χ0) is 21.5. The highest BCUT2D eigenvalue weighted by Gasteiger charge is 2.13. The van der Waals surface area contributed by atoms with Crippen LogP contribution in [0, 0.1) is 0 Å². The number of hydrogen-bond acceptors (Lipinski definition) is 7. The second-order valence-corrected chi connectivity index (χ2v) is 7.90. The van der Waals surface area contributed by atoms with Gasteiger partial charge in [-0.25, -0.2) is 4.98 Å². The molecular weight excluding hydrogens is 472 g/mol. The Balaban J connectivity index is 1.50. The van der Waals surface area contributed by atoms with Gasteiger partial charge in [0, 0.05) is 15.4 Å². The minimum atomic E-state index is -0.522. The van der Waals surface area contributed by atoms with Crippen LogP contribution in [-0.2, 0) is 20.7 Å². The summed E-state index contributed by atoms with van der Waals surface area (Å²) in [6, 6.07) is 12.8.